The molecule has 3 aliphatic heterocycles. The molecule has 9 nitrogen and oxygen atoms in total. The number of fused-ring (bicyclic) bond motifs is 1. The maximum atomic E-state index is 14.7. The van der Waals surface area contributed by atoms with Crippen molar-refractivity contribution in [1.29, 1.82) is 0 Å². The number of nitrogens with one attached hydrogen (secondary N) is 1. The van der Waals surface area contributed by atoms with Crippen LogP contribution in [0.2, 0.25) is 0 Å². The highest BCUT2D eigenvalue weighted by atomic mass is 32.2. The maximum absolute atomic E-state index is 14.7. The molecule has 2 fully saturated rings. The summed E-state index contributed by atoms with van der Waals surface area (Å²) in [6.07, 6.45) is 1.27. The van der Waals surface area contributed by atoms with E-state index in [4.69, 9.17) is 4.74 Å². The number of benzene rings is 3. The Morgan fingerprint density at radius 3 is 2.33 bits per heavy atom. The number of sulfonamides is 1. The average molecular weight is 592 g/mol. The number of carbonyl (C=O) groups is 3. The molecular formula is C31H30FN3O6S. The van der Waals surface area contributed by atoms with Gasteiger partial charge in [-0.05, 0) is 78.3 Å². The SMILES string of the molecule is O=C1CCC(N2Cc3c(cc(F)cc3C3CCN(S(=O)(=O)c4ccc(OCc5ccccc5)cc4)CC3)C2=O)C(=O)N1. The molecule has 3 aliphatic rings. The van der Waals surface area contributed by atoms with E-state index in [1.807, 2.05) is 30.3 Å². The zero-order valence-corrected chi connectivity index (χ0v) is 23.6. The Morgan fingerprint density at radius 1 is 0.929 bits per heavy atom. The zero-order valence-electron chi connectivity index (χ0n) is 22.8. The van der Waals surface area contributed by atoms with Crippen molar-refractivity contribution in [3.8, 4) is 5.75 Å². The summed E-state index contributed by atoms with van der Waals surface area (Å²) in [5.74, 6) is -1.46. The second-order valence-corrected chi connectivity index (χ2v) is 12.8. The molecule has 1 atom stereocenters. The van der Waals surface area contributed by atoms with Crippen LogP contribution in [0.15, 0.2) is 71.6 Å². The van der Waals surface area contributed by atoms with Gasteiger partial charge in [-0.15, -0.1) is 0 Å². The second-order valence-electron chi connectivity index (χ2n) is 10.8. The fourth-order valence-electron chi connectivity index (χ4n) is 6.02. The lowest BCUT2D eigenvalue weighted by atomic mass is 9.86. The number of nitrogens with zero attached hydrogens (tertiary/aromatic N) is 2. The quantitative estimate of drug-likeness (QED) is 0.419. The number of ether oxygens (including phenoxy) is 1. The van der Waals surface area contributed by atoms with Gasteiger partial charge in [-0.1, -0.05) is 30.3 Å². The number of amides is 3. The Morgan fingerprint density at radius 2 is 1.64 bits per heavy atom. The van der Waals surface area contributed by atoms with Gasteiger partial charge >= 0.3 is 0 Å². The van der Waals surface area contributed by atoms with E-state index >= 15 is 0 Å². The Hall–Kier alpha value is -4.09. The lowest BCUT2D eigenvalue weighted by molar-refractivity contribution is -0.136. The monoisotopic (exact) mass is 591 g/mol. The van der Waals surface area contributed by atoms with Gasteiger partial charge in [-0.3, -0.25) is 19.7 Å². The Kier molecular flexibility index (Phi) is 7.54. The van der Waals surface area contributed by atoms with Crippen LogP contribution in [0.1, 0.15) is 58.6 Å². The molecule has 0 spiro atoms. The molecule has 3 amide bonds. The van der Waals surface area contributed by atoms with Crippen molar-refractivity contribution < 1.29 is 31.9 Å². The summed E-state index contributed by atoms with van der Waals surface area (Å²) in [6.45, 7) is 1.01. The van der Waals surface area contributed by atoms with E-state index in [0.29, 0.717) is 36.3 Å². The highest BCUT2D eigenvalue weighted by Crippen LogP contribution is 2.38. The van der Waals surface area contributed by atoms with Gasteiger partial charge in [-0.25, -0.2) is 12.8 Å². The Balaban J connectivity index is 1.12. The fourth-order valence-corrected chi connectivity index (χ4v) is 7.49. The number of piperidine rings is 2. The summed E-state index contributed by atoms with van der Waals surface area (Å²) in [4.78, 5) is 38.8. The lowest BCUT2D eigenvalue weighted by Crippen LogP contribution is -2.52. The van der Waals surface area contributed by atoms with Gasteiger partial charge in [0.25, 0.3) is 5.91 Å². The third-order valence-electron chi connectivity index (χ3n) is 8.26. The largest absolute Gasteiger partial charge is 0.489 e. The molecule has 1 unspecified atom stereocenters. The maximum Gasteiger partial charge on any atom is 0.255 e. The van der Waals surface area contributed by atoms with E-state index in [1.165, 1.54) is 33.5 Å². The van der Waals surface area contributed by atoms with E-state index in [1.54, 1.807) is 12.1 Å². The van der Waals surface area contributed by atoms with Crippen LogP contribution in [-0.2, 0) is 32.8 Å². The van der Waals surface area contributed by atoms with Crippen molar-refractivity contribution in [1.82, 2.24) is 14.5 Å². The molecule has 0 aromatic heterocycles. The van der Waals surface area contributed by atoms with Crippen LogP contribution in [0.3, 0.4) is 0 Å². The van der Waals surface area contributed by atoms with Gasteiger partial charge < -0.3 is 9.64 Å². The average Bonchev–Trinajstić information content (AvgIpc) is 3.32. The molecule has 1 N–H and O–H groups in total. The van der Waals surface area contributed by atoms with Gasteiger partial charge in [0.2, 0.25) is 21.8 Å². The number of rotatable bonds is 7. The summed E-state index contributed by atoms with van der Waals surface area (Å²) in [5, 5.41) is 2.28. The number of hydrogen-bond donors (Lipinski definition) is 1. The van der Waals surface area contributed by atoms with E-state index in [0.717, 1.165) is 5.56 Å². The van der Waals surface area contributed by atoms with Crippen LogP contribution in [0, 0.1) is 5.82 Å². The molecule has 42 heavy (non-hydrogen) atoms. The minimum atomic E-state index is -3.74. The van der Waals surface area contributed by atoms with Gasteiger partial charge in [0, 0.05) is 31.6 Å². The van der Waals surface area contributed by atoms with Crippen LogP contribution in [0.25, 0.3) is 0 Å². The highest BCUT2D eigenvalue weighted by molar-refractivity contribution is 7.89. The van der Waals surface area contributed by atoms with Crippen molar-refractivity contribution in [3.05, 3.63) is 94.8 Å². The van der Waals surface area contributed by atoms with E-state index in [9.17, 15) is 27.2 Å². The van der Waals surface area contributed by atoms with Crippen LogP contribution in [0.4, 0.5) is 4.39 Å². The predicted molar refractivity (Wildman–Crippen MR) is 150 cm³/mol. The third kappa shape index (κ3) is 5.41. The van der Waals surface area contributed by atoms with E-state index in [2.05, 4.69) is 5.32 Å². The molecule has 0 bridgehead atoms. The Bertz CT molecular complexity index is 1640. The summed E-state index contributed by atoms with van der Waals surface area (Å²) in [6, 6.07) is 17.9. The summed E-state index contributed by atoms with van der Waals surface area (Å²) in [5.41, 5.74) is 2.57. The van der Waals surface area contributed by atoms with Crippen LogP contribution < -0.4 is 10.1 Å². The first-order valence-electron chi connectivity index (χ1n) is 13.9. The molecular weight excluding hydrogens is 561 g/mol. The first kappa shape index (κ1) is 28.0. The molecule has 0 aliphatic carbocycles. The van der Waals surface area contributed by atoms with Crippen molar-refractivity contribution in [2.45, 2.75) is 55.7 Å². The van der Waals surface area contributed by atoms with Gasteiger partial charge in [0.15, 0.2) is 0 Å². The zero-order chi connectivity index (χ0) is 29.4. The second kappa shape index (κ2) is 11.3. The molecule has 3 aromatic carbocycles. The van der Waals surface area contributed by atoms with Crippen molar-refractivity contribution in [3.63, 3.8) is 0 Å². The van der Waals surface area contributed by atoms with Crippen LogP contribution in [-0.4, -0.2) is 54.5 Å². The first-order chi connectivity index (χ1) is 20.2. The fraction of sp³-hybridized carbons (Fsp3) is 0.323. The Labute approximate surface area is 243 Å². The van der Waals surface area contributed by atoms with Crippen molar-refractivity contribution in [2.75, 3.05) is 13.1 Å². The van der Waals surface area contributed by atoms with Crippen LogP contribution >= 0.6 is 0 Å². The molecule has 3 heterocycles. The molecule has 6 rings (SSSR count). The minimum Gasteiger partial charge on any atom is -0.489 e. The normalized spacial score (nSPS) is 20.0. The lowest BCUT2D eigenvalue weighted by Gasteiger charge is -2.32. The molecule has 2 saturated heterocycles. The minimum absolute atomic E-state index is 0.133. The molecule has 0 saturated carbocycles. The topological polar surface area (TPSA) is 113 Å². The highest BCUT2D eigenvalue weighted by Gasteiger charge is 2.41. The van der Waals surface area contributed by atoms with Gasteiger partial charge in [-0.2, -0.15) is 4.31 Å². The third-order valence-corrected chi connectivity index (χ3v) is 10.2. The van der Waals surface area contributed by atoms with E-state index < -0.39 is 33.7 Å². The summed E-state index contributed by atoms with van der Waals surface area (Å²) >= 11 is 0. The van der Waals surface area contributed by atoms with Crippen molar-refractivity contribution >= 4 is 27.7 Å². The summed E-state index contributed by atoms with van der Waals surface area (Å²) in [7, 11) is -3.74. The smallest absolute Gasteiger partial charge is 0.255 e. The van der Waals surface area contributed by atoms with E-state index in [-0.39, 0.29) is 54.8 Å². The number of carbonyl (C=O) groups excluding carboxylic acids is 3. The molecule has 218 valence electrons. The predicted octanol–water partition coefficient (Wildman–Crippen LogP) is 3.73. The van der Waals surface area contributed by atoms with Gasteiger partial charge in [0.1, 0.15) is 24.2 Å². The standard InChI is InChI=1S/C31H30FN3O6S/c32-22-16-25(27-18-35(31(38)26(27)17-22)28-10-11-29(36)33-30(28)37)21-12-14-34(15-13-21)42(39,40)24-8-6-23(7-9-24)41-19-20-4-2-1-3-5-20/h1-9,16-17,21,28H,10-15,18-19H2,(H,33,36,37). The summed E-state index contributed by atoms with van der Waals surface area (Å²) < 4.78 is 48.7. The van der Waals surface area contributed by atoms with Crippen molar-refractivity contribution in [2.24, 2.45) is 0 Å². The number of imide groups is 1. The molecule has 11 heteroatoms. The molecule has 0 radical (unpaired) electrons. The van der Waals surface area contributed by atoms with Gasteiger partial charge in [0.05, 0.1) is 4.90 Å². The first-order valence-corrected chi connectivity index (χ1v) is 15.4. The number of hydrogen-bond acceptors (Lipinski definition) is 6. The molecule has 3 aromatic rings. The van der Waals surface area contributed by atoms with Crippen LogP contribution in [0.5, 0.6) is 5.75 Å². The number of halogens is 1.